The van der Waals surface area contributed by atoms with Crippen LogP contribution in [0.5, 0.6) is 11.5 Å². The van der Waals surface area contributed by atoms with Crippen LogP contribution in [0.3, 0.4) is 0 Å². The molecule has 0 bridgehead atoms. The van der Waals surface area contributed by atoms with Crippen molar-refractivity contribution in [2.75, 3.05) is 0 Å². The van der Waals surface area contributed by atoms with Crippen LogP contribution in [0.1, 0.15) is 11.1 Å². The summed E-state index contributed by atoms with van der Waals surface area (Å²) in [6, 6.07) is 7.93. The molecule has 2 N–H and O–H groups in total. The van der Waals surface area contributed by atoms with Gasteiger partial charge in [0.25, 0.3) is 0 Å². The maximum absolute atomic E-state index is 15.1. The highest BCUT2D eigenvalue weighted by Gasteiger charge is 2.38. The van der Waals surface area contributed by atoms with Crippen molar-refractivity contribution in [1.82, 2.24) is 8.96 Å². The Morgan fingerprint density at radius 2 is 1.53 bits per heavy atom. The molecule has 1 aliphatic heterocycles. The van der Waals surface area contributed by atoms with E-state index in [0.717, 1.165) is 11.9 Å². The second-order valence-corrected chi connectivity index (χ2v) is 7.62. The number of aromatic nitrogens is 2. The van der Waals surface area contributed by atoms with Gasteiger partial charge in [-0.25, -0.2) is 22.5 Å². The maximum Gasteiger partial charge on any atom is 0.225 e. The number of halogens is 4. The molecule has 0 saturated heterocycles. The Morgan fingerprint density at radius 3 is 2.19 bits per heavy atom. The van der Waals surface area contributed by atoms with Crippen LogP contribution in [0.25, 0.3) is 10.8 Å². The minimum atomic E-state index is -2.02. The second kappa shape index (κ2) is 7.38. The molecule has 6 nitrogen and oxygen atoms in total. The highest BCUT2D eigenvalue weighted by molar-refractivity contribution is 7.98. The van der Waals surface area contributed by atoms with Crippen molar-refractivity contribution >= 4 is 34.5 Å². The lowest BCUT2D eigenvalue weighted by Gasteiger charge is -2.18. The smallest absolute Gasteiger partial charge is 0.225 e. The third-order valence-corrected chi connectivity index (χ3v) is 5.74. The van der Waals surface area contributed by atoms with Crippen LogP contribution in [0.4, 0.5) is 17.6 Å². The first-order valence-electron chi connectivity index (χ1n) is 8.99. The van der Waals surface area contributed by atoms with E-state index >= 15 is 8.78 Å². The number of para-hydroxylation sites is 1. The van der Waals surface area contributed by atoms with Crippen molar-refractivity contribution < 1.29 is 27.0 Å². The van der Waals surface area contributed by atoms with Gasteiger partial charge in [-0.05, 0) is 24.1 Å². The molecule has 5 rings (SSSR count). The van der Waals surface area contributed by atoms with Gasteiger partial charge in [0.05, 0.1) is 21.4 Å². The zero-order valence-corrected chi connectivity index (χ0v) is 16.6. The molecule has 0 spiro atoms. The highest BCUT2D eigenvalue weighted by atomic mass is 32.2. The van der Waals surface area contributed by atoms with Gasteiger partial charge in [0, 0.05) is 17.8 Å². The molecule has 3 aromatic carbocycles. The quantitative estimate of drug-likeness (QED) is 0.236. The average Bonchev–Trinajstić information content (AvgIpc) is 3.40. The molecule has 1 aromatic heterocycles. The molecule has 0 radical (unpaired) electrons. The molecular formula is C21H10F4N4O2S. The first-order valence-corrected chi connectivity index (χ1v) is 9.76. The minimum absolute atomic E-state index is 0.114. The predicted molar refractivity (Wildman–Crippen MR) is 109 cm³/mol. The van der Waals surface area contributed by atoms with Gasteiger partial charge in [0.15, 0.2) is 29.0 Å². The zero-order chi connectivity index (χ0) is 22.6. The molecule has 32 heavy (non-hydrogen) atoms. The second-order valence-electron chi connectivity index (χ2n) is 6.60. The number of ether oxygens (including phenoxy) is 2. The third kappa shape index (κ3) is 2.93. The van der Waals surface area contributed by atoms with E-state index in [0.29, 0.717) is 0 Å². The molecule has 1 aliphatic rings. The Hall–Kier alpha value is -3.86. The lowest BCUT2D eigenvalue weighted by Crippen LogP contribution is -2.07. The Bertz CT molecular complexity index is 1430. The van der Waals surface area contributed by atoms with E-state index in [4.69, 9.17) is 20.3 Å². The Kier molecular flexibility index (Phi) is 4.63. The summed E-state index contributed by atoms with van der Waals surface area (Å²) in [7, 11) is 0. The molecule has 0 saturated carbocycles. The summed E-state index contributed by atoms with van der Waals surface area (Å²) < 4.78 is 71.0. The van der Waals surface area contributed by atoms with Crippen molar-refractivity contribution in [3.8, 4) is 11.5 Å². The number of rotatable bonds is 4. The minimum Gasteiger partial charge on any atom is -0.456 e. The Balaban J connectivity index is 1.94. The molecule has 160 valence electrons. The zero-order valence-electron chi connectivity index (χ0n) is 15.7. The van der Waals surface area contributed by atoms with E-state index in [1.165, 1.54) is 34.8 Å². The highest BCUT2D eigenvalue weighted by Crippen LogP contribution is 2.48. The number of nitrogens with one attached hydrogen (secondary N) is 2. The number of hydrogen-bond donors (Lipinski definition) is 2. The van der Waals surface area contributed by atoms with E-state index in [1.807, 2.05) is 0 Å². The molecule has 0 fully saturated rings. The van der Waals surface area contributed by atoms with E-state index in [-0.39, 0.29) is 21.8 Å². The van der Waals surface area contributed by atoms with Crippen molar-refractivity contribution in [2.24, 2.45) is 0 Å². The van der Waals surface area contributed by atoms with Crippen LogP contribution >= 0.6 is 11.9 Å². The first kappa shape index (κ1) is 20.1. The number of nitrogens with zero attached hydrogens (tertiary/aromatic N) is 2. The lowest BCUT2D eigenvalue weighted by molar-refractivity contribution is 0.414. The SMILES string of the molecule is N=C1OC(=N)c2c1c(Oc1ccccc1)c1c(F)c(F)c(F)c(F)c1c2Sn1ccnc1. The summed E-state index contributed by atoms with van der Waals surface area (Å²) in [6.45, 7) is 0. The maximum atomic E-state index is 15.1. The topological polar surface area (TPSA) is 84.0 Å². The largest absolute Gasteiger partial charge is 0.456 e. The van der Waals surface area contributed by atoms with Crippen molar-refractivity contribution in [1.29, 1.82) is 10.8 Å². The van der Waals surface area contributed by atoms with Gasteiger partial charge in [0.2, 0.25) is 11.8 Å². The normalized spacial score (nSPS) is 12.9. The molecule has 0 amide bonds. The van der Waals surface area contributed by atoms with Crippen molar-refractivity contribution in [3.63, 3.8) is 0 Å². The average molecular weight is 458 g/mol. The molecule has 0 unspecified atom stereocenters. The fourth-order valence-corrected chi connectivity index (χ4v) is 4.38. The van der Waals surface area contributed by atoms with Crippen LogP contribution in [-0.4, -0.2) is 20.8 Å². The fourth-order valence-electron chi connectivity index (χ4n) is 3.38. The third-order valence-electron chi connectivity index (χ3n) is 4.72. The van der Waals surface area contributed by atoms with Crippen LogP contribution in [0.2, 0.25) is 0 Å². The van der Waals surface area contributed by atoms with Gasteiger partial charge in [-0.2, -0.15) is 0 Å². The lowest BCUT2D eigenvalue weighted by atomic mass is 9.98. The molecule has 4 aromatic rings. The van der Waals surface area contributed by atoms with E-state index in [2.05, 4.69) is 4.98 Å². The predicted octanol–water partition coefficient (Wildman–Crippen LogP) is 5.62. The summed E-state index contributed by atoms with van der Waals surface area (Å²) in [5.41, 5.74) is -0.297. The summed E-state index contributed by atoms with van der Waals surface area (Å²) in [6.07, 6.45) is 4.25. The number of benzene rings is 3. The van der Waals surface area contributed by atoms with Gasteiger partial charge in [0.1, 0.15) is 12.1 Å². The van der Waals surface area contributed by atoms with Gasteiger partial charge >= 0.3 is 0 Å². The van der Waals surface area contributed by atoms with Crippen LogP contribution in [0.15, 0.2) is 53.9 Å². The molecular weight excluding hydrogens is 448 g/mol. The van der Waals surface area contributed by atoms with Gasteiger partial charge < -0.3 is 9.47 Å². The molecule has 11 heteroatoms. The van der Waals surface area contributed by atoms with Crippen LogP contribution in [-0.2, 0) is 4.74 Å². The first-order chi connectivity index (χ1) is 15.4. The van der Waals surface area contributed by atoms with Crippen molar-refractivity contribution in [3.05, 3.63) is 83.4 Å². The van der Waals surface area contributed by atoms with E-state index in [1.54, 1.807) is 18.2 Å². The number of fused-ring (bicyclic) bond motifs is 2. The van der Waals surface area contributed by atoms with Crippen molar-refractivity contribution in [2.45, 2.75) is 4.90 Å². The molecule has 0 atom stereocenters. The number of imidazole rings is 1. The Labute approximate surface area is 181 Å². The molecule has 0 aliphatic carbocycles. The summed E-state index contributed by atoms with van der Waals surface area (Å²) in [4.78, 5) is 3.70. The van der Waals surface area contributed by atoms with Gasteiger partial charge in [-0.3, -0.25) is 14.8 Å². The standard InChI is InChI=1S/C21H10F4N4O2S/c22-14-10-11(15(23)17(25)16(14)24)19(32-29-7-6-28-8-29)13-12(20(26)31-21(13)27)18(10)30-9-4-2-1-3-5-9/h1-8,26-27H. The van der Waals surface area contributed by atoms with Gasteiger partial charge in [-0.15, -0.1) is 0 Å². The number of hydrogen-bond acceptors (Lipinski definition) is 6. The van der Waals surface area contributed by atoms with Gasteiger partial charge in [-0.1, -0.05) is 18.2 Å². The van der Waals surface area contributed by atoms with Crippen LogP contribution < -0.4 is 4.74 Å². The summed E-state index contributed by atoms with van der Waals surface area (Å²) in [5.74, 6) is -8.78. The fraction of sp³-hybridized carbons (Fsp3) is 0. The summed E-state index contributed by atoms with van der Waals surface area (Å²) >= 11 is 0.773. The summed E-state index contributed by atoms with van der Waals surface area (Å²) in [5, 5.41) is 15.0. The van der Waals surface area contributed by atoms with E-state index in [9.17, 15) is 8.78 Å². The van der Waals surface area contributed by atoms with Crippen LogP contribution in [0, 0.1) is 34.1 Å². The van der Waals surface area contributed by atoms with E-state index < -0.39 is 51.6 Å². The Morgan fingerprint density at radius 1 is 0.875 bits per heavy atom. The monoisotopic (exact) mass is 458 g/mol. The molecule has 2 heterocycles.